The number of allylic oxidation sites excluding steroid dienone is 2. The summed E-state index contributed by atoms with van der Waals surface area (Å²) >= 11 is 0. The molecular formula is C15H21N3O3. The molecule has 0 radical (unpaired) electrons. The van der Waals surface area contributed by atoms with Crippen molar-refractivity contribution in [1.82, 2.24) is 15.1 Å². The minimum atomic E-state index is -0.908. The van der Waals surface area contributed by atoms with Gasteiger partial charge in [0.05, 0.1) is 17.5 Å². The van der Waals surface area contributed by atoms with Crippen LogP contribution in [0.5, 0.6) is 0 Å². The Balaban J connectivity index is 1.98. The molecule has 1 aromatic rings. The van der Waals surface area contributed by atoms with Gasteiger partial charge in [-0.25, -0.2) is 0 Å². The van der Waals surface area contributed by atoms with Gasteiger partial charge in [0.15, 0.2) is 0 Å². The van der Waals surface area contributed by atoms with Gasteiger partial charge in [0.2, 0.25) is 5.91 Å². The van der Waals surface area contributed by atoms with Crippen molar-refractivity contribution in [2.24, 2.45) is 11.8 Å². The number of carboxylic acid groups (broad SMARTS) is 1. The fourth-order valence-electron chi connectivity index (χ4n) is 2.58. The number of hydrogen-bond donors (Lipinski definition) is 2. The van der Waals surface area contributed by atoms with Crippen LogP contribution in [0, 0.1) is 18.8 Å². The topological polar surface area (TPSA) is 84.2 Å². The van der Waals surface area contributed by atoms with E-state index in [0.29, 0.717) is 19.4 Å². The van der Waals surface area contributed by atoms with Crippen molar-refractivity contribution >= 4 is 11.9 Å². The zero-order valence-corrected chi connectivity index (χ0v) is 12.4. The molecule has 2 N–H and O–H groups in total. The van der Waals surface area contributed by atoms with Gasteiger partial charge in [-0.2, -0.15) is 5.10 Å². The first-order valence-electron chi connectivity index (χ1n) is 7.21. The number of aromatic nitrogens is 2. The van der Waals surface area contributed by atoms with E-state index in [9.17, 15) is 14.7 Å². The first-order chi connectivity index (χ1) is 10.0. The molecule has 6 nitrogen and oxygen atoms in total. The molecule has 1 aliphatic carbocycles. The lowest BCUT2D eigenvalue weighted by Gasteiger charge is -2.24. The third-order valence-electron chi connectivity index (χ3n) is 3.91. The van der Waals surface area contributed by atoms with Gasteiger partial charge in [-0.15, -0.1) is 0 Å². The van der Waals surface area contributed by atoms with E-state index in [2.05, 4.69) is 10.4 Å². The maximum atomic E-state index is 12.2. The number of rotatable bonds is 5. The molecule has 1 amide bonds. The average molecular weight is 291 g/mol. The smallest absolute Gasteiger partial charge is 0.307 e. The van der Waals surface area contributed by atoms with Crippen molar-refractivity contribution in [2.45, 2.75) is 39.8 Å². The number of carbonyl (C=O) groups is 2. The summed E-state index contributed by atoms with van der Waals surface area (Å²) in [6, 6.07) is 0. The summed E-state index contributed by atoms with van der Waals surface area (Å²) in [7, 11) is 0. The fraction of sp³-hybridized carbons (Fsp3) is 0.533. The number of nitrogens with zero attached hydrogens (tertiary/aromatic N) is 2. The highest BCUT2D eigenvalue weighted by molar-refractivity contribution is 5.85. The minimum Gasteiger partial charge on any atom is -0.481 e. The van der Waals surface area contributed by atoms with Crippen LogP contribution in [0.3, 0.4) is 0 Å². The van der Waals surface area contributed by atoms with Gasteiger partial charge in [0.25, 0.3) is 0 Å². The van der Waals surface area contributed by atoms with E-state index in [0.717, 1.165) is 17.8 Å². The van der Waals surface area contributed by atoms with E-state index in [1.54, 1.807) is 0 Å². The number of amides is 1. The summed E-state index contributed by atoms with van der Waals surface area (Å²) in [4.78, 5) is 23.5. The Bertz CT molecular complexity index is 563. The highest BCUT2D eigenvalue weighted by Crippen LogP contribution is 2.26. The van der Waals surface area contributed by atoms with Crippen molar-refractivity contribution in [1.29, 1.82) is 0 Å². The van der Waals surface area contributed by atoms with Crippen LogP contribution in [-0.4, -0.2) is 26.8 Å². The van der Waals surface area contributed by atoms with E-state index < -0.39 is 17.8 Å². The predicted octanol–water partition coefficient (Wildman–Crippen LogP) is 1.49. The van der Waals surface area contributed by atoms with E-state index >= 15 is 0 Å². The van der Waals surface area contributed by atoms with E-state index in [1.807, 2.05) is 36.9 Å². The number of nitrogens with one attached hydrogen (secondary N) is 1. The van der Waals surface area contributed by atoms with Crippen LogP contribution in [0.15, 0.2) is 18.3 Å². The Hall–Kier alpha value is -2.11. The molecule has 2 rings (SSSR count). The summed E-state index contributed by atoms with van der Waals surface area (Å²) in [5, 5.41) is 16.4. The van der Waals surface area contributed by atoms with Gasteiger partial charge in [0, 0.05) is 24.8 Å². The van der Waals surface area contributed by atoms with Gasteiger partial charge in [-0.3, -0.25) is 14.3 Å². The summed E-state index contributed by atoms with van der Waals surface area (Å²) < 4.78 is 1.82. The Morgan fingerprint density at radius 2 is 2.05 bits per heavy atom. The highest BCUT2D eigenvalue weighted by atomic mass is 16.4. The molecule has 1 heterocycles. The molecule has 21 heavy (non-hydrogen) atoms. The number of carbonyl (C=O) groups excluding carboxylic acids is 1. The van der Waals surface area contributed by atoms with Gasteiger partial charge in [-0.1, -0.05) is 12.2 Å². The largest absolute Gasteiger partial charge is 0.481 e. The Labute approximate surface area is 123 Å². The van der Waals surface area contributed by atoms with E-state index in [4.69, 9.17) is 0 Å². The van der Waals surface area contributed by atoms with Crippen LogP contribution in [0.25, 0.3) is 0 Å². The number of aryl methyl sites for hydroxylation is 2. The zero-order chi connectivity index (χ0) is 15.4. The first-order valence-corrected chi connectivity index (χ1v) is 7.21. The maximum absolute atomic E-state index is 12.2. The lowest BCUT2D eigenvalue weighted by molar-refractivity contribution is -0.147. The third kappa shape index (κ3) is 3.51. The first kappa shape index (κ1) is 15.3. The lowest BCUT2D eigenvalue weighted by atomic mass is 9.82. The zero-order valence-electron chi connectivity index (χ0n) is 12.4. The normalized spacial score (nSPS) is 21.2. The second-order valence-electron chi connectivity index (χ2n) is 5.31. The van der Waals surface area contributed by atoms with Crippen molar-refractivity contribution < 1.29 is 14.7 Å². The highest BCUT2D eigenvalue weighted by Gasteiger charge is 2.33. The van der Waals surface area contributed by atoms with Gasteiger partial charge in [-0.05, 0) is 26.7 Å². The van der Waals surface area contributed by atoms with Crippen molar-refractivity contribution in [3.63, 3.8) is 0 Å². The van der Waals surface area contributed by atoms with E-state index in [1.165, 1.54) is 0 Å². The molecule has 114 valence electrons. The SMILES string of the molecule is CCn1cc(CNC(=O)[C@H]2CC=CC[C@@H]2C(=O)O)c(C)n1. The molecular weight excluding hydrogens is 270 g/mol. The second-order valence-corrected chi connectivity index (χ2v) is 5.31. The van der Waals surface area contributed by atoms with Crippen LogP contribution in [0.1, 0.15) is 31.0 Å². The quantitative estimate of drug-likeness (QED) is 0.805. The Morgan fingerprint density at radius 1 is 1.38 bits per heavy atom. The van der Waals surface area contributed by atoms with Crippen molar-refractivity contribution in [2.75, 3.05) is 0 Å². The molecule has 0 saturated carbocycles. The summed E-state index contributed by atoms with van der Waals surface area (Å²) in [6.07, 6.45) is 6.52. The molecule has 0 fully saturated rings. The Kier molecular flexibility index (Phi) is 4.77. The predicted molar refractivity (Wildman–Crippen MR) is 77.5 cm³/mol. The summed E-state index contributed by atoms with van der Waals surface area (Å²) in [5.74, 6) is -2.23. The summed E-state index contributed by atoms with van der Waals surface area (Å²) in [5.41, 5.74) is 1.85. The monoisotopic (exact) mass is 291 g/mol. The third-order valence-corrected chi connectivity index (χ3v) is 3.91. The molecule has 0 bridgehead atoms. The van der Waals surface area contributed by atoms with Crippen molar-refractivity contribution in [3.05, 3.63) is 29.6 Å². The molecule has 1 aliphatic rings. The van der Waals surface area contributed by atoms with Gasteiger partial charge >= 0.3 is 5.97 Å². The standard InChI is InChI=1S/C15H21N3O3/c1-3-18-9-11(10(2)17-18)8-16-14(19)12-6-4-5-7-13(12)15(20)21/h4-5,9,12-13H,3,6-8H2,1-2H3,(H,16,19)(H,20,21)/t12-,13-/m0/s1. The van der Waals surface area contributed by atoms with Gasteiger partial charge in [0.1, 0.15) is 0 Å². The van der Waals surface area contributed by atoms with Crippen LogP contribution < -0.4 is 5.32 Å². The van der Waals surface area contributed by atoms with Crippen molar-refractivity contribution in [3.8, 4) is 0 Å². The molecule has 0 saturated heterocycles. The minimum absolute atomic E-state index is 0.199. The number of carboxylic acids is 1. The number of aliphatic carboxylic acids is 1. The van der Waals surface area contributed by atoms with Crippen LogP contribution in [0.4, 0.5) is 0 Å². The second kappa shape index (κ2) is 6.56. The molecule has 6 heteroatoms. The number of hydrogen-bond acceptors (Lipinski definition) is 3. The van der Waals surface area contributed by atoms with Crippen LogP contribution in [0.2, 0.25) is 0 Å². The maximum Gasteiger partial charge on any atom is 0.307 e. The molecule has 2 atom stereocenters. The van der Waals surface area contributed by atoms with Crippen LogP contribution in [-0.2, 0) is 22.7 Å². The van der Waals surface area contributed by atoms with E-state index in [-0.39, 0.29) is 5.91 Å². The lowest BCUT2D eigenvalue weighted by Crippen LogP contribution is -2.38. The molecule has 0 unspecified atom stereocenters. The molecule has 1 aromatic heterocycles. The summed E-state index contributed by atoms with van der Waals surface area (Å²) in [6.45, 7) is 5.07. The molecule has 0 aliphatic heterocycles. The molecule has 0 spiro atoms. The Morgan fingerprint density at radius 3 is 2.62 bits per heavy atom. The average Bonchev–Trinajstić information content (AvgIpc) is 2.85. The molecule has 0 aromatic carbocycles. The fourth-order valence-corrected chi connectivity index (χ4v) is 2.58. The van der Waals surface area contributed by atoms with Crippen LogP contribution >= 0.6 is 0 Å². The van der Waals surface area contributed by atoms with Gasteiger partial charge < -0.3 is 10.4 Å².